The second kappa shape index (κ2) is 8.41. The lowest BCUT2D eigenvalue weighted by Gasteiger charge is -2.08. The summed E-state index contributed by atoms with van der Waals surface area (Å²) in [5.41, 5.74) is 0.843. The maximum absolute atomic E-state index is 11.7. The van der Waals surface area contributed by atoms with Gasteiger partial charge in [0.05, 0.1) is 16.5 Å². The van der Waals surface area contributed by atoms with Crippen molar-refractivity contribution in [1.29, 1.82) is 0 Å². The predicted octanol–water partition coefficient (Wildman–Crippen LogP) is 3.06. The van der Waals surface area contributed by atoms with Gasteiger partial charge in [0.25, 0.3) is 0 Å². The molecule has 0 saturated carbocycles. The van der Waals surface area contributed by atoms with Gasteiger partial charge in [-0.15, -0.1) is 0 Å². The monoisotopic (exact) mass is 303 g/mol. The highest BCUT2D eigenvalue weighted by Crippen LogP contribution is 2.22. The molecule has 5 heteroatoms. The summed E-state index contributed by atoms with van der Waals surface area (Å²) in [6.07, 6.45) is 2.07. The first kappa shape index (κ1) is 16.3. The predicted molar refractivity (Wildman–Crippen MR) is 78.7 cm³/mol. The van der Waals surface area contributed by atoms with Crippen molar-refractivity contribution in [3.05, 3.63) is 33.8 Å². The molecule has 1 amide bonds. The summed E-state index contributed by atoms with van der Waals surface area (Å²) >= 11 is 11.7. The van der Waals surface area contributed by atoms with Crippen LogP contribution in [0.25, 0.3) is 0 Å². The number of carbonyl (C=O) groups is 1. The van der Waals surface area contributed by atoms with Crippen LogP contribution in [0.2, 0.25) is 10.0 Å². The first-order chi connectivity index (χ1) is 9.02. The number of hydrogen-bond acceptors (Lipinski definition) is 2. The minimum absolute atomic E-state index is 0.0324. The van der Waals surface area contributed by atoms with E-state index in [2.05, 4.69) is 5.32 Å². The van der Waals surface area contributed by atoms with Crippen LogP contribution in [0.1, 0.15) is 25.3 Å². The summed E-state index contributed by atoms with van der Waals surface area (Å²) < 4.78 is 0. The van der Waals surface area contributed by atoms with Gasteiger partial charge in [-0.1, -0.05) is 36.2 Å². The highest BCUT2D eigenvalue weighted by Gasteiger charge is 2.06. The smallest absolute Gasteiger partial charge is 0.224 e. The molecule has 0 heterocycles. The van der Waals surface area contributed by atoms with Gasteiger partial charge in [-0.2, -0.15) is 0 Å². The van der Waals surface area contributed by atoms with E-state index in [1.54, 1.807) is 18.2 Å². The van der Waals surface area contributed by atoms with Crippen LogP contribution < -0.4 is 5.32 Å². The summed E-state index contributed by atoms with van der Waals surface area (Å²) in [6, 6.07) is 5.19. The van der Waals surface area contributed by atoms with Crippen molar-refractivity contribution in [3.8, 4) is 0 Å². The maximum Gasteiger partial charge on any atom is 0.224 e. The van der Waals surface area contributed by atoms with Crippen LogP contribution in [0.3, 0.4) is 0 Å². The highest BCUT2D eigenvalue weighted by atomic mass is 35.5. The molecule has 0 aliphatic heterocycles. The Morgan fingerprint density at radius 1 is 1.37 bits per heavy atom. The topological polar surface area (TPSA) is 49.3 Å². The van der Waals surface area contributed by atoms with Crippen molar-refractivity contribution in [3.63, 3.8) is 0 Å². The van der Waals surface area contributed by atoms with Crippen molar-refractivity contribution in [2.45, 2.75) is 26.2 Å². The molecule has 106 valence electrons. The third-order valence-electron chi connectivity index (χ3n) is 2.86. The van der Waals surface area contributed by atoms with Gasteiger partial charge in [0, 0.05) is 13.2 Å². The van der Waals surface area contributed by atoms with E-state index in [1.165, 1.54) is 0 Å². The van der Waals surface area contributed by atoms with Crippen molar-refractivity contribution < 1.29 is 9.90 Å². The standard InChI is InChI=1S/C14H19Cl2NO2/c1-10(9-18)3-2-6-17-14(19)8-11-4-5-12(15)13(16)7-11/h4-5,7,10,18H,2-3,6,8-9H2,1H3,(H,17,19). The fourth-order valence-corrected chi connectivity index (χ4v) is 1.99. The second-order valence-electron chi connectivity index (χ2n) is 4.71. The Hall–Kier alpha value is -0.770. The van der Waals surface area contributed by atoms with Crippen molar-refractivity contribution in [2.75, 3.05) is 13.2 Å². The number of carbonyl (C=O) groups excluding carboxylic acids is 1. The molecule has 3 nitrogen and oxygen atoms in total. The lowest BCUT2D eigenvalue weighted by Crippen LogP contribution is -2.26. The Morgan fingerprint density at radius 2 is 2.11 bits per heavy atom. The van der Waals surface area contributed by atoms with E-state index in [1.807, 2.05) is 6.92 Å². The van der Waals surface area contributed by atoms with Crippen LogP contribution in [0, 0.1) is 5.92 Å². The number of benzene rings is 1. The van der Waals surface area contributed by atoms with E-state index >= 15 is 0 Å². The first-order valence-electron chi connectivity index (χ1n) is 6.34. The van der Waals surface area contributed by atoms with Gasteiger partial charge in [0.15, 0.2) is 0 Å². The molecule has 0 aromatic heterocycles. The molecule has 1 atom stereocenters. The Morgan fingerprint density at radius 3 is 2.74 bits per heavy atom. The average molecular weight is 304 g/mol. The normalized spacial score (nSPS) is 12.2. The maximum atomic E-state index is 11.7. The van der Waals surface area contributed by atoms with Crippen LogP contribution in [-0.2, 0) is 11.2 Å². The summed E-state index contributed by atoms with van der Waals surface area (Å²) in [5, 5.41) is 12.7. The van der Waals surface area contributed by atoms with Crippen LogP contribution >= 0.6 is 23.2 Å². The van der Waals surface area contributed by atoms with Crippen molar-refractivity contribution >= 4 is 29.1 Å². The average Bonchev–Trinajstić information content (AvgIpc) is 2.38. The van der Waals surface area contributed by atoms with Gasteiger partial charge < -0.3 is 10.4 Å². The SMILES string of the molecule is CC(CO)CCCNC(=O)Cc1ccc(Cl)c(Cl)c1. The van der Waals surface area contributed by atoms with Crippen LogP contribution in [0.15, 0.2) is 18.2 Å². The number of aliphatic hydroxyl groups excluding tert-OH is 1. The van der Waals surface area contributed by atoms with Gasteiger partial charge in [-0.3, -0.25) is 4.79 Å². The zero-order valence-corrected chi connectivity index (χ0v) is 12.5. The zero-order valence-electron chi connectivity index (χ0n) is 11.0. The number of amides is 1. The van der Waals surface area contributed by atoms with Crippen molar-refractivity contribution in [2.24, 2.45) is 5.92 Å². The van der Waals surface area contributed by atoms with E-state index in [9.17, 15) is 4.79 Å². The summed E-state index contributed by atoms with van der Waals surface area (Å²) in [7, 11) is 0. The minimum atomic E-state index is -0.0324. The number of rotatable bonds is 7. The molecule has 0 fully saturated rings. The lowest BCUT2D eigenvalue weighted by atomic mass is 10.1. The van der Waals surface area contributed by atoms with Gasteiger partial charge in [-0.25, -0.2) is 0 Å². The highest BCUT2D eigenvalue weighted by molar-refractivity contribution is 6.42. The largest absolute Gasteiger partial charge is 0.396 e. The van der Waals surface area contributed by atoms with Crippen LogP contribution in [0.4, 0.5) is 0 Å². The summed E-state index contributed by atoms with van der Waals surface area (Å²) in [5.74, 6) is 0.252. The van der Waals surface area contributed by atoms with E-state index in [0.29, 0.717) is 23.0 Å². The van der Waals surface area contributed by atoms with E-state index in [4.69, 9.17) is 28.3 Å². The quantitative estimate of drug-likeness (QED) is 0.761. The van der Waals surface area contributed by atoms with Crippen LogP contribution in [-0.4, -0.2) is 24.2 Å². The Balaban J connectivity index is 2.29. The number of hydrogen-bond donors (Lipinski definition) is 2. The second-order valence-corrected chi connectivity index (χ2v) is 5.52. The first-order valence-corrected chi connectivity index (χ1v) is 7.10. The zero-order chi connectivity index (χ0) is 14.3. The molecule has 19 heavy (non-hydrogen) atoms. The van der Waals surface area contributed by atoms with Gasteiger partial charge >= 0.3 is 0 Å². The molecule has 0 aliphatic rings. The number of aliphatic hydroxyl groups is 1. The molecule has 2 N–H and O–H groups in total. The molecule has 0 saturated heterocycles. The van der Waals surface area contributed by atoms with Gasteiger partial charge in [-0.05, 0) is 36.5 Å². The molecule has 0 spiro atoms. The third kappa shape index (κ3) is 6.28. The number of nitrogens with one attached hydrogen (secondary N) is 1. The molecule has 1 rings (SSSR count). The Labute approximate surface area is 123 Å². The Kier molecular flexibility index (Phi) is 7.21. The third-order valence-corrected chi connectivity index (χ3v) is 3.60. The summed E-state index contributed by atoms with van der Waals surface area (Å²) in [4.78, 5) is 11.7. The van der Waals surface area contributed by atoms with Crippen LogP contribution in [0.5, 0.6) is 0 Å². The van der Waals surface area contributed by atoms with E-state index in [0.717, 1.165) is 18.4 Å². The molecular formula is C14H19Cl2NO2. The molecule has 0 aliphatic carbocycles. The lowest BCUT2D eigenvalue weighted by molar-refractivity contribution is -0.120. The number of halogens is 2. The van der Waals surface area contributed by atoms with Crippen molar-refractivity contribution in [1.82, 2.24) is 5.32 Å². The van der Waals surface area contributed by atoms with E-state index in [-0.39, 0.29) is 18.4 Å². The van der Waals surface area contributed by atoms with E-state index < -0.39 is 0 Å². The fraction of sp³-hybridized carbons (Fsp3) is 0.500. The molecule has 0 radical (unpaired) electrons. The van der Waals surface area contributed by atoms with Gasteiger partial charge in [0.1, 0.15) is 0 Å². The Bertz CT molecular complexity index is 424. The molecule has 0 bridgehead atoms. The molecular weight excluding hydrogens is 285 g/mol. The molecule has 1 unspecified atom stereocenters. The summed E-state index contributed by atoms with van der Waals surface area (Å²) in [6.45, 7) is 2.80. The molecule has 1 aromatic rings. The molecule has 1 aromatic carbocycles. The minimum Gasteiger partial charge on any atom is -0.396 e. The van der Waals surface area contributed by atoms with Gasteiger partial charge in [0.2, 0.25) is 5.91 Å². The fourth-order valence-electron chi connectivity index (χ4n) is 1.67.